The van der Waals surface area contributed by atoms with E-state index in [1.807, 2.05) is 0 Å². The van der Waals surface area contributed by atoms with Gasteiger partial charge in [0.05, 0.1) is 5.75 Å². The Hall–Kier alpha value is 0.680. The molecule has 4 aliphatic carbocycles. The van der Waals surface area contributed by atoms with Crippen LogP contribution in [-0.4, -0.2) is 41.4 Å². The predicted octanol–water partition coefficient (Wildman–Crippen LogP) is 1.71. The Morgan fingerprint density at radius 3 is 2.27 bits per heavy atom. The number of fused-ring (bicyclic) bond motifs is 5. The number of carbonyl (C=O) groups is 1. The second-order valence-electron chi connectivity index (χ2n) is 11.2. The first kappa shape index (κ1) is 28.3. The molecule has 4 rings (SSSR count). The van der Waals surface area contributed by atoms with E-state index in [0.717, 1.165) is 25.7 Å². The average Bonchev–Trinajstić information content (AvgIpc) is 3.02. The summed E-state index contributed by atoms with van der Waals surface area (Å²) in [7, 11) is -4.36. The van der Waals surface area contributed by atoms with E-state index in [2.05, 4.69) is 13.8 Å². The molecule has 0 spiro atoms. The summed E-state index contributed by atoms with van der Waals surface area (Å²) >= 11 is 0. The van der Waals surface area contributed by atoms with Gasteiger partial charge in [0, 0.05) is 5.92 Å². The standard InChI is InChI=1S/C22H33F3O5S2.Na/c1-19-9-10-21(27,22(23,24)25)11-13(19)3-4-14-15-5-6-17(18(26)12-31-32(28,29)30)20(15,2)8-7-16(14)19;/h13-17,27H,3-12H2,1-2H3,(H,28,29,30);/q;+1/p-1/t13-,14?,15?,16?,17-,19+,20+,21-;/m1./s1. The molecular weight excluding hydrogens is 488 g/mol. The molecule has 8 atom stereocenters. The zero-order valence-electron chi connectivity index (χ0n) is 19.5. The molecule has 0 aromatic carbocycles. The van der Waals surface area contributed by atoms with Crippen LogP contribution in [-0.2, 0) is 13.9 Å². The van der Waals surface area contributed by atoms with Crippen molar-refractivity contribution < 1.29 is 65.6 Å². The Morgan fingerprint density at radius 2 is 1.67 bits per heavy atom. The van der Waals surface area contributed by atoms with Gasteiger partial charge in [-0.15, -0.1) is 0 Å². The molecule has 0 aromatic heterocycles. The summed E-state index contributed by atoms with van der Waals surface area (Å²) in [5, 5.41) is 10.3. The molecule has 4 aliphatic rings. The van der Waals surface area contributed by atoms with Gasteiger partial charge in [-0.25, -0.2) is 8.42 Å². The summed E-state index contributed by atoms with van der Waals surface area (Å²) in [6.07, 6.45) is -0.0931. The van der Waals surface area contributed by atoms with E-state index in [9.17, 15) is 36.0 Å². The van der Waals surface area contributed by atoms with E-state index in [4.69, 9.17) is 0 Å². The van der Waals surface area contributed by atoms with Crippen LogP contribution in [0.4, 0.5) is 13.2 Å². The van der Waals surface area contributed by atoms with Gasteiger partial charge in [-0.1, -0.05) is 13.8 Å². The zero-order chi connectivity index (χ0) is 23.7. The van der Waals surface area contributed by atoms with Gasteiger partial charge in [0.15, 0.2) is 5.60 Å². The molecule has 0 amide bonds. The van der Waals surface area contributed by atoms with Crippen molar-refractivity contribution in [2.75, 3.05) is 5.75 Å². The predicted molar refractivity (Wildman–Crippen MR) is 113 cm³/mol. The summed E-state index contributed by atoms with van der Waals surface area (Å²) < 4.78 is 73.3. The molecule has 4 saturated carbocycles. The van der Waals surface area contributed by atoms with Crippen molar-refractivity contribution >= 4 is 25.7 Å². The Bertz CT molecular complexity index is 884. The topological polar surface area (TPSA) is 94.5 Å². The summed E-state index contributed by atoms with van der Waals surface area (Å²) in [6, 6.07) is 0. The van der Waals surface area contributed by atoms with Gasteiger partial charge in [0.2, 0.25) is 0 Å². The Morgan fingerprint density at radius 1 is 1.03 bits per heavy atom. The Kier molecular flexibility index (Phi) is 7.88. The average molecular weight is 521 g/mol. The number of alkyl halides is 3. The maximum atomic E-state index is 13.5. The molecule has 0 radical (unpaired) electrons. The molecule has 0 aromatic rings. The molecular formula is C22H32F3NaO5S2. The minimum absolute atomic E-state index is 0. The van der Waals surface area contributed by atoms with Crippen molar-refractivity contribution in [3.8, 4) is 0 Å². The van der Waals surface area contributed by atoms with E-state index >= 15 is 0 Å². The van der Waals surface area contributed by atoms with Crippen LogP contribution >= 0.6 is 10.8 Å². The van der Waals surface area contributed by atoms with Crippen LogP contribution in [0.25, 0.3) is 0 Å². The molecule has 5 nitrogen and oxygen atoms in total. The SMILES string of the molecule is C[C@]12CCC3C(CC[C@@H]4C[C@@](O)(C(F)(F)F)CC[C@]34C)C1CC[C@@H]2C(=O)CSS(=O)(=O)[O-].[Na+]. The van der Waals surface area contributed by atoms with Gasteiger partial charge < -0.3 is 9.66 Å². The summed E-state index contributed by atoms with van der Waals surface area (Å²) in [5.74, 6) is -0.0251. The molecule has 184 valence electrons. The number of aliphatic hydroxyl groups is 1. The van der Waals surface area contributed by atoms with Crippen molar-refractivity contribution in [1.82, 2.24) is 0 Å². The third-order valence-corrected chi connectivity index (χ3v) is 11.9. The van der Waals surface area contributed by atoms with E-state index in [-0.39, 0.29) is 99.2 Å². The first-order valence-corrected chi connectivity index (χ1v) is 14.4. The van der Waals surface area contributed by atoms with Crippen molar-refractivity contribution in [1.29, 1.82) is 0 Å². The van der Waals surface area contributed by atoms with Gasteiger partial charge in [-0.05, 0) is 103 Å². The van der Waals surface area contributed by atoms with Gasteiger partial charge in [0.25, 0.3) is 0 Å². The number of rotatable bonds is 4. The molecule has 1 N–H and O–H groups in total. The third kappa shape index (κ3) is 4.85. The molecule has 0 bridgehead atoms. The van der Waals surface area contributed by atoms with Gasteiger partial charge in [-0.3, -0.25) is 4.79 Å². The minimum Gasteiger partial charge on any atom is -0.739 e. The van der Waals surface area contributed by atoms with E-state index < -0.39 is 20.9 Å². The van der Waals surface area contributed by atoms with E-state index in [1.165, 1.54) is 0 Å². The number of ketones is 1. The second kappa shape index (κ2) is 9.21. The van der Waals surface area contributed by atoms with Crippen LogP contribution in [0.1, 0.15) is 71.6 Å². The minimum atomic E-state index is -4.61. The summed E-state index contributed by atoms with van der Waals surface area (Å²) in [6.45, 7) is 4.22. The number of halogens is 3. The number of hydrogen-bond donors (Lipinski definition) is 1. The van der Waals surface area contributed by atoms with Crippen molar-refractivity contribution in [3.05, 3.63) is 0 Å². The third-order valence-electron chi connectivity index (χ3n) is 9.99. The van der Waals surface area contributed by atoms with Gasteiger partial charge in [0.1, 0.15) is 14.9 Å². The Labute approximate surface area is 219 Å². The smallest absolute Gasteiger partial charge is 0.739 e. The van der Waals surface area contributed by atoms with Gasteiger partial charge >= 0.3 is 35.7 Å². The molecule has 11 heteroatoms. The fourth-order valence-corrected chi connectivity index (χ4v) is 9.51. The molecule has 4 fully saturated rings. The maximum Gasteiger partial charge on any atom is 1.00 e. The van der Waals surface area contributed by atoms with Crippen molar-refractivity contribution in [2.45, 2.75) is 83.4 Å². The fraction of sp³-hybridized carbons (Fsp3) is 0.955. The van der Waals surface area contributed by atoms with Crippen molar-refractivity contribution in [3.63, 3.8) is 0 Å². The normalized spacial score (nSPS) is 45.4. The number of hydrogen-bond acceptors (Lipinski definition) is 6. The molecule has 0 saturated heterocycles. The second-order valence-corrected chi connectivity index (χ2v) is 14.5. The number of Topliss-reactive ketones (excluding diaryl/α,β-unsaturated/α-hetero) is 1. The van der Waals surface area contributed by atoms with Crippen LogP contribution < -0.4 is 29.6 Å². The quantitative estimate of drug-likeness (QED) is 0.345. The van der Waals surface area contributed by atoms with Crippen LogP contribution in [0, 0.1) is 40.4 Å². The summed E-state index contributed by atoms with van der Waals surface area (Å²) in [5.41, 5.74) is -3.08. The van der Waals surface area contributed by atoms with Crippen LogP contribution in [0.2, 0.25) is 0 Å². The van der Waals surface area contributed by atoms with Gasteiger partial charge in [-0.2, -0.15) is 13.2 Å². The molecule has 0 aliphatic heterocycles. The molecule has 3 unspecified atom stereocenters. The largest absolute Gasteiger partial charge is 1.00 e. The fourth-order valence-electron chi connectivity index (χ4n) is 8.26. The van der Waals surface area contributed by atoms with Crippen LogP contribution in [0.3, 0.4) is 0 Å². The first-order chi connectivity index (χ1) is 14.6. The first-order valence-electron chi connectivity index (χ1n) is 11.5. The number of carbonyl (C=O) groups excluding carboxylic acids is 1. The van der Waals surface area contributed by atoms with Crippen LogP contribution in [0.5, 0.6) is 0 Å². The summed E-state index contributed by atoms with van der Waals surface area (Å²) in [4.78, 5) is 12.8. The van der Waals surface area contributed by atoms with E-state index in [0.29, 0.717) is 25.2 Å². The zero-order valence-corrected chi connectivity index (χ0v) is 23.1. The van der Waals surface area contributed by atoms with E-state index in [1.54, 1.807) is 0 Å². The molecule has 0 heterocycles. The van der Waals surface area contributed by atoms with Crippen molar-refractivity contribution in [2.24, 2.45) is 40.4 Å². The van der Waals surface area contributed by atoms with Crippen LogP contribution in [0.15, 0.2) is 0 Å². The monoisotopic (exact) mass is 520 g/mol. The maximum absolute atomic E-state index is 13.5. The molecule has 33 heavy (non-hydrogen) atoms. The Balaban J connectivity index is 0.00000306.